The SMILES string of the molecule is CC(=O)OC[C@H]1O[C@@H](Oc2ccc(OC3CCC(C)(C)C(/C=C/C(C)=C/C=C/C(C)=C/C(=O)O)=C3C)cc2)[C@H](OC(C)=O)[C@@H](OC(C)=O)[C@@H]1OC(C)=O. The second-order valence-corrected chi connectivity index (χ2v) is 13.6. The van der Waals surface area contributed by atoms with Crippen LogP contribution in [0.3, 0.4) is 0 Å². The lowest BCUT2D eigenvalue weighted by atomic mass is 9.71. The maximum absolute atomic E-state index is 12.2. The summed E-state index contributed by atoms with van der Waals surface area (Å²) in [5.41, 5.74) is 3.81. The molecule has 3 rings (SSSR count). The quantitative estimate of drug-likeness (QED) is 0.100. The van der Waals surface area contributed by atoms with Crippen LogP contribution in [-0.2, 0) is 47.7 Å². The third-order valence-electron chi connectivity index (χ3n) is 8.55. The molecule has 2 aliphatic rings. The van der Waals surface area contributed by atoms with Crippen LogP contribution in [0.1, 0.15) is 75.2 Å². The second-order valence-electron chi connectivity index (χ2n) is 13.6. The molecule has 1 heterocycles. The standard InChI is InChI=1S/C40H50O13/c1-23(11-10-12-24(2)21-35(45)46)13-18-32-25(3)33(19-20-40(32,8)9)51-30-14-16-31(17-15-30)52-39-38(50-29(7)44)37(49-28(6)43)36(48-27(5)42)34(53-39)22-47-26(4)41/h10-18,21,33-34,36-39H,19-20,22H2,1-9H3,(H,45,46)/b12-10+,18-13+,23-11+,24-21+/t33?,34-,36-,37+,38-,39-/m1/s1. The summed E-state index contributed by atoms with van der Waals surface area (Å²) in [5, 5.41) is 8.90. The zero-order chi connectivity index (χ0) is 39.5. The average Bonchev–Trinajstić information content (AvgIpc) is 3.04. The Bertz CT molecular complexity index is 1660. The zero-order valence-corrected chi connectivity index (χ0v) is 31.7. The van der Waals surface area contributed by atoms with Crippen LogP contribution in [0.2, 0.25) is 0 Å². The summed E-state index contributed by atoms with van der Waals surface area (Å²) >= 11 is 0. The van der Waals surface area contributed by atoms with Gasteiger partial charge in [-0.1, -0.05) is 49.8 Å². The molecule has 1 fully saturated rings. The number of carboxylic acid groups (broad SMARTS) is 1. The van der Waals surface area contributed by atoms with Crippen molar-refractivity contribution in [2.24, 2.45) is 5.41 Å². The molecule has 1 aliphatic heterocycles. The Kier molecular flexibility index (Phi) is 15.2. The molecule has 1 N–H and O–H groups in total. The van der Waals surface area contributed by atoms with Crippen molar-refractivity contribution in [2.45, 2.75) is 112 Å². The number of hydrogen-bond acceptors (Lipinski definition) is 12. The van der Waals surface area contributed by atoms with Crippen LogP contribution in [0, 0.1) is 5.41 Å². The van der Waals surface area contributed by atoms with Gasteiger partial charge < -0.3 is 38.3 Å². The van der Waals surface area contributed by atoms with E-state index >= 15 is 0 Å². The highest BCUT2D eigenvalue weighted by molar-refractivity contribution is 5.81. The molecule has 13 nitrogen and oxygen atoms in total. The van der Waals surface area contributed by atoms with Gasteiger partial charge in [0, 0.05) is 33.8 Å². The number of esters is 4. The lowest BCUT2D eigenvalue weighted by molar-refractivity contribution is -0.288. The van der Waals surface area contributed by atoms with Crippen LogP contribution in [0.15, 0.2) is 83.0 Å². The maximum atomic E-state index is 12.2. The van der Waals surface area contributed by atoms with Crippen molar-refractivity contribution in [3.05, 3.63) is 83.0 Å². The normalized spacial score (nSPS) is 24.8. The summed E-state index contributed by atoms with van der Waals surface area (Å²) in [6.07, 6.45) is 5.76. The topological polar surface area (TPSA) is 170 Å². The molecular weight excluding hydrogens is 688 g/mol. The molecule has 288 valence electrons. The number of benzene rings is 1. The summed E-state index contributed by atoms with van der Waals surface area (Å²) < 4.78 is 40.1. The molecule has 53 heavy (non-hydrogen) atoms. The molecule has 1 aromatic rings. The van der Waals surface area contributed by atoms with Gasteiger partial charge in [0.05, 0.1) is 0 Å². The Morgan fingerprint density at radius 1 is 0.792 bits per heavy atom. The van der Waals surface area contributed by atoms with Gasteiger partial charge in [-0.25, -0.2) is 4.79 Å². The van der Waals surface area contributed by atoms with E-state index in [0.29, 0.717) is 17.1 Å². The van der Waals surface area contributed by atoms with Gasteiger partial charge >= 0.3 is 29.8 Å². The highest BCUT2D eigenvalue weighted by Gasteiger charge is 2.53. The van der Waals surface area contributed by atoms with Gasteiger partial charge in [0.15, 0.2) is 12.2 Å². The Hall–Kier alpha value is -5.17. The number of allylic oxidation sites excluding steroid dienone is 8. The zero-order valence-electron chi connectivity index (χ0n) is 31.7. The van der Waals surface area contributed by atoms with E-state index in [9.17, 15) is 24.0 Å². The molecule has 0 aromatic heterocycles. The van der Waals surface area contributed by atoms with Gasteiger partial charge in [-0.2, -0.15) is 0 Å². The molecule has 0 saturated carbocycles. The van der Waals surface area contributed by atoms with Crippen LogP contribution in [0.25, 0.3) is 0 Å². The van der Waals surface area contributed by atoms with Crippen molar-refractivity contribution < 1.29 is 62.2 Å². The van der Waals surface area contributed by atoms with Crippen molar-refractivity contribution in [3.63, 3.8) is 0 Å². The van der Waals surface area contributed by atoms with E-state index in [4.69, 9.17) is 38.3 Å². The van der Waals surface area contributed by atoms with E-state index in [0.717, 1.165) is 56.4 Å². The minimum Gasteiger partial charge on any atom is -0.486 e. The number of ether oxygens (including phenoxy) is 7. The molecule has 1 aliphatic carbocycles. The molecule has 0 bridgehead atoms. The number of carbonyl (C=O) groups is 5. The largest absolute Gasteiger partial charge is 0.486 e. The maximum Gasteiger partial charge on any atom is 0.328 e. The fourth-order valence-electron chi connectivity index (χ4n) is 6.10. The van der Waals surface area contributed by atoms with Crippen molar-refractivity contribution in [3.8, 4) is 11.5 Å². The monoisotopic (exact) mass is 738 g/mol. The van der Waals surface area contributed by atoms with E-state index in [-0.39, 0.29) is 18.1 Å². The highest BCUT2D eigenvalue weighted by Crippen LogP contribution is 2.42. The van der Waals surface area contributed by atoms with E-state index in [2.05, 4.69) is 26.8 Å². The fourth-order valence-corrected chi connectivity index (χ4v) is 6.10. The van der Waals surface area contributed by atoms with Gasteiger partial charge in [0.25, 0.3) is 0 Å². The lowest BCUT2D eigenvalue weighted by Crippen LogP contribution is -2.63. The summed E-state index contributed by atoms with van der Waals surface area (Å²) in [6, 6.07) is 6.74. The molecule has 6 atom stereocenters. The minimum absolute atomic E-state index is 0.0840. The predicted molar refractivity (Wildman–Crippen MR) is 193 cm³/mol. The summed E-state index contributed by atoms with van der Waals surface area (Å²) in [5.74, 6) is -2.93. The first-order chi connectivity index (χ1) is 24.9. The summed E-state index contributed by atoms with van der Waals surface area (Å²) in [4.78, 5) is 58.8. The molecule has 1 saturated heterocycles. The Morgan fingerprint density at radius 3 is 1.92 bits per heavy atom. The van der Waals surface area contributed by atoms with Crippen LogP contribution in [0.5, 0.6) is 11.5 Å². The summed E-state index contributed by atoms with van der Waals surface area (Å²) in [7, 11) is 0. The van der Waals surface area contributed by atoms with Gasteiger partial charge in [0.1, 0.15) is 30.3 Å². The third-order valence-corrected chi connectivity index (χ3v) is 8.55. The van der Waals surface area contributed by atoms with Crippen molar-refractivity contribution in [2.75, 3.05) is 6.61 Å². The van der Waals surface area contributed by atoms with E-state index in [1.54, 1.807) is 37.3 Å². The van der Waals surface area contributed by atoms with Crippen LogP contribution in [-0.4, -0.2) is 78.4 Å². The fraction of sp³-hybridized carbons (Fsp3) is 0.475. The molecule has 13 heteroatoms. The van der Waals surface area contributed by atoms with Crippen LogP contribution in [0.4, 0.5) is 0 Å². The first-order valence-electron chi connectivity index (χ1n) is 17.3. The molecule has 1 unspecified atom stereocenters. The summed E-state index contributed by atoms with van der Waals surface area (Å²) in [6.45, 7) is 14.4. The van der Waals surface area contributed by atoms with Crippen molar-refractivity contribution >= 4 is 29.8 Å². The van der Waals surface area contributed by atoms with Gasteiger partial charge in [-0.15, -0.1) is 0 Å². The smallest absolute Gasteiger partial charge is 0.328 e. The third kappa shape index (κ3) is 13.1. The Labute approximate surface area is 310 Å². The predicted octanol–water partition coefficient (Wildman–Crippen LogP) is 6.12. The number of aliphatic carboxylic acids is 1. The first kappa shape index (κ1) is 42.2. The number of rotatable bonds is 14. The number of carbonyl (C=O) groups excluding carboxylic acids is 4. The van der Waals surface area contributed by atoms with E-state index in [1.807, 2.05) is 25.2 Å². The Morgan fingerprint density at radius 2 is 1.36 bits per heavy atom. The van der Waals surface area contributed by atoms with Crippen molar-refractivity contribution in [1.29, 1.82) is 0 Å². The Balaban J connectivity index is 1.83. The molecule has 0 spiro atoms. The lowest BCUT2D eigenvalue weighted by Gasteiger charge is -2.43. The van der Waals surface area contributed by atoms with Crippen LogP contribution < -0.4 is 9.47 Å². The van der Waals surface area contributed by atoms with E-state index in [1.165, 1.54) is 6.92 Å². The molecule has 0 radical (unpaired) electrons. The highest BCUT2D eigenvalue weighted by atomic mass is 16.7. The minimum atomic E-state index is -1.36. The van der Waals surface area contributed by atoms with Gasteiger partial charge in [0.2, 0.25) is 12.4 Å². The van der Waals surface area contributed by atoms with Gasteiger partial charge in [-0.05, 0) is 80.0 Å². The number of carboxylic acids is 1. The number of hydrogen-bond donors (Lipinski definition) is 1. The molecular formula is C40H50O13. The van der Waals surface area contributed by atoms with Crippen LogP contribution >= 0.6 is 0 Å². The first-order valence-corrected chi connectivity index (χ1v) is 17.3. The van der Waals surface area contributed by atoms with E-state index < -0.39 is 60.6 Å². The average molecular weight is 739 g/mol. The molecule has 0 amide bonds. The second kappa shape index (κ2) is 19.1. The molecule has 1 aromatic carbocycles. The van der Waals surface area contributed by atoms with Gasteiger partial charge in [-0.3, -0.25) is 19.2 Å². The van der Waals surface area contributed by atoms with Crippen molar-refractivity contribution in [1.82, 2.24) is 0 Å².